The fourth-order valence-corrected chi connectivity index (χ4v) is 2.75. The molecule has 0 saturated heterocycles. The van der Waals surface area contributed by atoms with Crippen molar-refractivity contribution in [3.8, 4) is 0 Å². The number of amides is 1. The molecular formula is C11H14Cl2N4O. The molecule has 18 heavy (non-hydrogen) atoms. The van der Waals surface area contributed by atoms with Crippen LogP contribution >= 0.6 is 23.2 Å². The Hall–Kier alpha value is -0.910. The molecule has 7 heteroatoms. The smallest absolute Gasteiger partial charge is 0.228 e. The molecule has 1 aliphatic rings. The van der Waals surface area contributed by atoms with Gasteiger partial charge in [0, 0.05) is 12.0 Å². The molecule has 5 nitrogen and oxygen atoms in total. The van der Waals surface area contributed by atoms with Gasteiger partial charge in [0.25, 0.3) is 0 Å². The summed E-state index contributed by atoms with van der Waals surface area (Å²) in [4.78, 5) is 19.7. The number of nitrogens with one attached hydrogen (secondary N) is 1. The van der Waals surface area contributed by atoms with Crippen molar-refractivity contribution in [2.75, 3.05) is 11.9 Å². The van der Waals surface area contributed by atoms with Crippen molar-refractivity contribution in [1.29, 1.82) is 0 Å². The first-order valence-electron chi connectivity index (χ1n) is 5.81. The van der Waals surface area contributed by atoms with Gasteiger partial charge in [-0.05, 0) is 36.9 Å². The molecule has 1 saturated carbocycles. The van der Waals surface area contributed by atoms with E-state index < -0.39 is 0 Å². The minimum absolute atomic E-state index is 0.0135. The molecule has 1 heterocycles. The Morgan fingerprint density at radius 1 is 1.44 bits per heavy atom. The van der Waals surface area contributed by atoms with Gasteiger partial charge in [0.1, 0.15) is 11.0 Å². The first kappa shape index (κ1) is 13.5. The fraction of sp³-hybridized carbons (Fsp3) is 0.545. The van der Waals surface area contributed by atoms with E-state index in [0.29, 0.717) is 12.4 Å². The van der Waals surface area contributed by atoms with Crippen LogP contribution in [0.2, 0.25) is 10.4 Å². The maximum atomic E-state index is 12.1. The van der Waals surface area contributed by atoms with E-state index in [1.54, 1.807) is 0 Å². The van der Waals surface area contributed by atoms with Crippen LogP contribution in [0.1, 0.15) is 19.3 Å². The van der Waals surface area contributed by atoms with Crippen LogP contribution in [0.5, 0.6) is 0 Å². The number of carbonyl (C=O) groups excluding carboxylic acids is 1. The molecule has 1 aromatic heterocycles. The van der Waals surface area contributed by atoms with E-state index in [1.165, 1.54) is 6.07 Å². The molecule has 98 valence electrons. The summed E-state index contributed by atoms with van der Waals surface area (Å²) in [5.74, 6) is 0.446. The molecule has 0 aromatic carbocycles. The quantitative estimate of drug-likeness (QED) is 0.659. The zero-order chi connectivity index (χ0) is 13.1. The van der Waals surface area contributed by atoms with Crippen LogP contribution in [0.4, 0.5) is 5.82 Å². The van der Waals surface area contributed by atoms with Gasteiger partial charge >= 0.3 is 0 Å². The van der Waals surface area contributed by atoms with Crippen molar-refractivity contribution < 1.29 is 4.79 Å². The molecular weight excluding hydrogens is 275 g/mol. The summed E-state index contributed by atoms with van der Waals surface area (Å²) in [5.41, 5.74) is 5.66. The monoisotopic (exact) mass is 288 g/mol. The Kier molecular flexibility index (Phi) is 4.37. The van der Waals surface area contributed by atoms with Crippen LogP contribution in [0.15, 0.2) is 6.07 Å². The summed E-state index contributed by atoms with van der Waals surface area (Å²) < 4.78 is 0. The SMILES string of the molecule is NCC1CCCC1C(=O)Nc1cc(Cl)nc(Cl)n1. The average Bonchev–Trinajstić information content (AvgIpc) is 2.75. The number of aromatic nitrogens is 2. The second-order valence-electron chi connectivity index (χ2n) is 4.37. The van der Waals surface area contributed by atoms with Crippen LogP contribution in [0, 0.1) is 11.8 Å². The van der Waals surface area contributed by atoms with Crippen molar-refractivity contribution in [2.45, 2.75) is 19.3 Å². The number of carbonyl (C=O) groups is 1. The molecule has 1 amide bonds. The van der Waals surface area contributed by atoms with Crippen molar-refractivity contribution >= 4 is 34.9 Å². The molecule has 0 aliphatic heterocycles. The maximum absolute atomic E-state index is 12.1. The van der Waals surface area contributed by atoms with Gasteiger partial charge in [-0.25, -0.2) is 9.97 Å². The number of anilines is 1. The minimum Gasteiger partial charge on any atom is -0.330 e. The zero-order valence-corrected chi connectivity index (χ0v) is 11.2. The van der Waals surface area contributed by atoms with E-state index in [-0.39, 0.29) is 28.2 Å². The largest absolute Gasteiger partial charge is 0.330 e. The highest BCUT2D eigenvalue weighted by molar-refractivity contribution is 6.32. The third-order valence-electron chi connectivity index (χ3n) is 3.22. The molecule has 1 aliphatic carbocycles. The van der Waals surface area contributed by atoms with Crippen molar-refractivity contribution in [3.05, 3.63) is 16.5 Å². The normalized spacial score (nSPS) is 23.1. The fourth-order valence-electron chi connectivity index (χ4n) is 2.34. The third kappa shape index (κ3) is 3.10. The topological polar surface area (TPSA) is 80.9 Å². The lowest BCUT2D eigenvalue weighted by Crippen LogP contribution is -2.30. The van der Waals surface area contributed by atoms with E-state index in [9.17, 15) is 4.79 Å². The van der Waals surface area contributed by atoms with E-state index in [0.717, 1.165) is 19.3 Å². The van der Waals surface area contributed by atoms with Crippen LogP contribution in [-0.4, -0.2) is 22.4 Å². The van der Waals surface area contributed by atoms with Gasteiger partial charge in [-0.15, -0.1) is 0 Å². The summed E-state index contributed by atoms with van der Waals surface area (Å²) in [6, 6.07) is 1.47. The lowest BCUT2D eigenvalue weighted by Gasteiger charge is -2.16. The number of halogens is 2. The molecule has 0 bridgehead atoms. The first-order valence-corrected chi connectivity index (χ1v) is 6.56. The molecule has 2 atom stereocenters. The predicted molar refractivity (Wildman–Crippen MR) is 70.6 cm³/mol. The van der Waals surface area contributed by atoms with Crippen molar-refractivity contribution in [3.63, 3.8) is 0 Å². The minimum atomic E-state index is -0.0752. The van der Waals surface area contributed by atoms with Gasteiger partial charge in [0.15, 0.2) is 0 Å². The lowest BCUT2D eigenvalue weighted by atomic mass is 9.95. The van der Waals surface area contributed by atoms with Crippen LogP contribution in [0.25, 0.3) is 0 Å². The zero-order valence-electron chi connectivity index (χ0n) is 9.70. The van der Waals surface area contributed by atoms with E-state index in [2.05, 4.69) is 15.3 Å². The average molecular weight is 289 g/mol. The highest BCUT2D eigenvalue weighted by Crippen LogP contribution is 2.31. The van der Waals surface area contributed by atoms with E-state index in [1.807, 2.05) is 0 Å². The lowest BCUT2D eigenvalue weighted by molar-refractivity contribution is -0.120. The molecule has 1 aromatic rings. The second kappa shape index (κ2) is 5.82. The van der Waals surface area contributed by atoms with Crippen molar-refractivity contribution in [1.82, 2.24) is 9.97 Å². The Balaban J connectivity index is 2.06. The van der Waals surface area contributed by atoms with Gasteiger partial charge in [0.05, 0.1) is 0 Å². The Morgan fingerprint density at radius 2 is 2.22 bits per heavy atom. The number of nitrogens with two attached hydrogens (primary N) is 1. The van der Waals surface area contributed by atoms with Gasteiger partial charge in [-0.3, -0.25) is 4.79 Å². The summed E-state index contributed by atoms with van der Waals surface area (Å²) in [6.07, 6.45) is 2.89. The molecule has 2 unspecified atom stereocenters. The van der Waals surface area contributed by atoms with Crippen LogP contribution < -0.4 is 11.1 Å². The Morgan fingerprint density at radius 3 is 2.89 bits per heavy atom. The molecule has 3 N–H and O–H groups in total. The highest BCUT2D eigenvalue weighted by atomic mass is 35.5. The van der Waals surface area contributed by atoms with Crippen LogP contribution in [0.3, 0.4) is 0 Å². The summed E-state index contributed by atoms with van der Waals surface area (Å²) in [5, 5.41) is 2.93. The van der Waals surface area contributed by atoms with Gasteiger partial charge in [-0.2, -0.15) is 0 Å². The molecule has 0 spiro atoms. The van der Waals surface area contributed by atoms with Crippen molar-refractivity contribution in [2.24, 2.45) is 17.6 Å². The summed E-state index contributed by atoms with van der Waals surface area (Å²) >= 11 is 11.4. The number of hydrogen-bond donors (Lipinski definition) is 2. The van der Waals surface area contributed by atoms with Gasteiger partial charge in [0.2, 0.25) is 11.2 Å². The highest BCUT2D eigenvalue weighted by Gasteiger charge is 2.32. The number of nitrogens with zero attached hydrogens (tertiary/aromatic N) is 2. The molecule has 2 rings (SSSR count). The first-order chi connectivity index (χ1) is 8.60. The Labute approximate surface area is 115 Å². The van der Waals surface area contributed by atoms with Crippen LogP contribution in [-0.2, 0) is 4.79 Å². The van der Waals surface area contributed by atoms with Gasteiger partial charge in [-0.1, -0.05) is 18.0 Å². The standard InChI is InChI=1S/C11H14Cl2N4O/c12-8-4-9(17-11(13)15-8)16-10(18)7-3-1-2-6(7)5-14/h4,6-7H,1-3,5,14H2,(H,15,16,17,18). The maximum Gasteiger partial charge on any atom is 0.228 e. The van der Waals surface area contributed by atoms with Gasteiger partial charge < -0.3 is 11.1 Å². The predicted octanol–water partition coefficient (Wildman–Crippen LogP) is 2.10. The number of hydrogen-bond acceptors (Lipinski definition) is 4. The third-order valence-corrected chi connectivity index (χ3v) is 3.58. The Bertz CT molecular complexity index is 434. The van der Waals surface area contributed by atoms with E-state index in [4.69, 9.17) is 28.9 Å². The summed E-state index contributed by atoms with van der Waals surface area (Å²) in [7, 11) is 0. The van der Waals surface area contributed by atoms with E-state index >= 15 is 0 Å². The molecule has 1 fully saturated rings. The molecule has 0 radical (unpaired) electrons. The summed E-state index contributed by atoms with van der Waals surface area (Å²) in [6.45, 7) is 0.531. The number of rotatable bonds is 3. The second-order valence-corrected chi connectivity index (χ2v) is 5.09.